The normalized spacial score (nSPS) is 13.5. The molecule has 0 aliphatic carbocycles. The first kappa shape index (κ1) is 19.0. The molecule has 1 saturated heterocycles. The van der Waals surface area contributed by atoms with Gasteiger partial charge in [0, 0.05) is 37.3 Å². The predicted octanol–water partition coefficient (Wildman–Crippen LogP) is 2.62. The van der Waals surface area contributed by atoms with Crippen molar-refractivity contribution >= 4 is 29.9 Å². The summed E-state index contributed by atoms with van der Waals surface area (Å²) in [4.78, 5) is 25.7. The summed E-state index contributed by atoms with van der Waals surface area (Å²) in [7, 11) is 0. The van der Waals surface area contributed by atoms with Crippen LogP contribution in [0.15, 0.2) is 48.5 Å². The lowest BCUT2D eigenvalue weighted by Crippen LogP contribution is -2.24. The third kappa shape index (κ3) is 4.59. The molecule has 1 heterocycles. The number of hydrogen-bond acceptors (Lipinski definition) is 3. The van der Waals surface area contributed by atoms with Gasteiger partial charge in [-0.25, -0.2) is 0 Å². The smallest absolute Gasteiger partial charge is 0.251 e. The zero-order valence-electron chi connectivity index (χ0n) is 13.9. The molecule has 2 aromatic rings. The van der Waals surface area contributed by atoms with Gasteiger partial charge in [0.25, 0.3) is 5.91 Å². The summed E-state index contributed by atoms with van der Waals surface area (Å²) < 4.78 is 0. The van der Waals surface area contributed by atoms with E-state index in [0.717, 1.165) is 29.8 Å². The van der Waals surface area contributed by atoms with Gasteiger partial charge >= 0.3 is 0 Å². The van der Waals surface area contributed by atoms with Crippen molar-refractivity contribution in [3.63, 3.8) is 0 Å². The monoisotopic (exact) mass is 359 g/mol. The van der Waals surface area contributed by atoms with Crippen molar-refractivity contribution in [3.05, 3.63) is 65.2 Å². The lowest BCUT2D eigenvalue weighted by molar-refractivity contribution is -0.117. The van der Waals surface area contributed by atoms with Crippen LogP contribution in [-0.4, -0.2) is 18.4 Å². The summed E-state index contributed by atoms with van der Waals surface area (Å²) in [5.41, 5.74) is 9.09. The molecule has 0 atom stereocenters. The maximum Gasteiger partial charge on any atom is 0.251 e. The molecule has 0 radical (unpaired) electrons. The van der Waals surface area contributed by atoms with Crippen molar-refractivity contribution in [1.82, 2.24) is 5.32 Å². The van der Waals surface area contributed by atoms with E-state index < -0.39 is 0 Å². The number of nitrogens with zero attached hydrogens (tertiary/aromatic N) is 1. The van der Waals surface area contributed by atoms with Crippen LogP contribution in [0, 0.1) is 0 Å². The van der Waals surface area contributed by atoms with Crippen LogP contribution < -0.4 is 16.0 Å². The number of nitrogens with one attached hydrogen (secondary N) is 1. The number of rotatable bonds is 5. The van der Waals surface area contributed by atoms with Crippen molar-refractivity contribution < 1.29 is 9.59 Å². The van der Waals surface area contributed by atoms with Crippen molar-refractivity contribution in [3.8, 4) is 0 Å². The number of halogens is 1. The zero-order chi connectivity index (χ0) is 16.9. The first-order chi connectivity index (χ1) is 11.7. The largest absolute Gasteiger partial charge is 0.348 e. The second-order valence-corrected chi connectivity index (χ2v) is 5.90. The molecule has 3 N–H and O–H groups in total. The highest BCUT2D eigenvalue weighted by molar-refractivity contribution is 5.95. The summed E-state index contributed by atoms with van der Waals surface area (Å²) in [6, 6.07) is 15.0. The Balaban J connectivity index is 0.00000225. The van der Waals surface area contributed by atoms with Gasteiger partial charge < -0.3 is 16.0 Å². The lowest BCUT2D eigenvalue weighted by atomic mass is 10.1. The van der Waals surface area contributed by atoms with Crippen molar-refractivity contribution in [2.75, 3.05) is 11.4 Å². The molecule has 0 aromatic heterocycles. The van der Waals surface area contributed by atoms with Gasteiger partial charge in [-0.1, -0.05) is 24.3 Å². The molecule has 25 heavy (non-hydrogen) atoms. The molecule has 1 fully saturated rings. The average molecular weight is 360 g/mol. The first-order valence-electron chi connectivity index (χ1n) is 8.14. The van der Waals surface area contributed by atoms with Gasteiger partial charge in [-0.05, 0) is 41.8 Å². The Kier molecular flexibility index (Phi) is 6.56. The maximum absolute atomic E-state index is 12.1. The minimum Gasteiger partial charge on any atom is -0.348 e. The molecular formula is C19H22ClN3O2. The Morgan fingerprint density at radius 1 is 1.04 bits per heavy atom. The highest BCUT2D eigenvalue weighted by Gasteiger charge is 2.21. The van der Waals surface area contributed by atoms with Crippen LogP contribution >= 0.6 is 12.4 Å². The Morgan fingerprint density at radius 3 is 2.24 bits per heavy atom. The molecule has 0 unspecified atom stereocenters. The molecule has 1 aliphatic rings. The second kappa shape index (κ2) is 8.65. The zero-order valence-corrected chi connectivity index (χ0v) is 14.7. The highest BCUT2D eigenvalue weighted by Crippen LogP contribution is 2.21. The topological polar surface area (TPSA) is 75.4 Å². The molecule has 2 aromatic carbocycles. The van der Waals surface area contributed by atoms with Gasteiger partial charge in [0.05, 0.1) is 0 Å². The second-order valence-electron chi connectivity index (χ2n) is 5.90. The van der Waals surface area contributed by atoms with E-state index in [2.05, 4.69) is 5.32 Å². The van der Waals surface area contributed by atoms with E-state index in [9.17, 15) is 9.59 Å². The molecule has 132 valence electrons. The van der Waals surface area contributed by atoms with Crippen LogP contribution in [0.5, 0.6) is 0 Å². The van der Waals surface area contributed by atoms with Gasteiger partial charge in [-0.3, -0.25) is 9.59 Å². The fourth-order valence-corrected chi connectivity index (χ4v) is 2.79. The maximum atomic E-state index is 12.1. The summed E-state index contributed by atoms with van der Waals surface area (Å²) >= 11 is 0. The predicted molar refractivity (Wildman–Crippen MR) is 101 cm³/mol. The van der Waals surface area contributed by atoms with Crippen LogP contribution in [0.2, 0.25) is 0 Å². The standard InChI is InChI=1S/C19H21N3O2.ClH/c20-12-14-3-7-16(8-4-14)19(24)21-13-15-5-9-17(10-6-15)22-11-1-2-18(22)23;/h3-10H,1-2,11-13,20H2,(H,21,24);1H. The van der Waals surface area contributed by atoms with Gasteiger partial charge in [-0.15, -0.1) is 12.4 Å². The molecule has 2 amide bonds. The van der Waals surface area contributed by atoms with E-state index in [4.69, 9.17) is 5.73 Å². The van der Waals surface area contributed by atoms with Gasteiger partial charge in [0.15, 0.2) is 0 Å². The summed E-state index contributed by atoms with van der Waals surface area (Å²) in [6.45, 7) is 1.70. The molecule has 3 rings (SSSR count). The van der Waals surface area contributed by atoms with E-state index >= 15 is 0 Å². The van der Waals surface area contributed by atoms with E-state index in [1.165, 1.54) is 0 Å². The molecular weight excluding hydrogens is 338 g/mol. The minimum absolute atomic E-state index is 0. The Bertz CT molecular complexity index is 729. The van der Waals surface area contributed by atoms with Crippen molar-refractivity contribution in [1.29, 1.82) is 0 Å². The van der Waals surface area contributed by atoms with Crippen LogP contribution in [0.1, 0.15) is 34.3 Å². The molecule has 5 nitrogen and oxygen atoms in total. The third-order valence-electron chi connectivity index (χ3n) is 4.23. The minimum atomic E-state index is -0.114. The van der Waals surface area contributed by atoms with E-state index in [1.807, 2.05) is 36.4 Å². The fourth-order valence-electron chi connectivity index (χ4n) is 2.79. The number of nitrogens with two attached hydrogens (primary N) is 1. The van der Waals surface area contributed by atoms with Crippen LogP contribution in [0.3, 0.4) is 0 Å². The van der Waals surface area contributed by atoms with Gasteiger partial charge in [0.2, 0.25) is 5.91 Å². The quantitative estimate of drug-likeness (QED) is 0.861. The lowest BCUT2D eigenvalue weighted by Gasteiger charge is -2.16. The SMILES string of the molecule is Cl.NCc1ccc(C(=O)NCc2ccc(N3CCCC3=O)cc2)cc1. The number of amides is 2. The number of anilines is 1. The van der Waals surface area contributed by atoms with Crippen molar-refractivity contribution in [2.24, 2.45) is 5.73 Å². The molecule has 0 spiro atoms. The van der Waals surface area contributed by atoms with Crippen LogP contribution in [0.25, 0.3) is 0 Å². The number of carbonyl (C=O) groups excluding carboxylic acids is 2. The van der Waals surface area contributed by atoms with Gasteiger partial charge in [-0.2, -0.15) is 0 Å². The summed E-state index contributed by atoms with van der Waals surface area (Å²) in [6.07, 6.45) is 1.54. The Morgan fingerprint density at radius 2 is 1.68 bits per heavy atom. The number of hydrogen-bond donors (Lipinski definition) is 2. The molecule has 0 bridgehead atoms. The Hall–Kier alpha value is -2.37. The van der Waals surface area contributed by atoms with Crippen LogP contribution in [0.4, 0.5) is 5.69 Å². The highest BCUT2D eigenvalue weighted by atomic mass is 35.5. The van der Waals surface area contributed by atoms with E-state index in [-0.39, 0.29) is 24.2 Å². The van der Waals surface area contributed by atoms with E-state index in [1.54, 1.807) is 17.0 Å². The number of benzene rings is 2. The first-order valence-corrected chi connectivity index (χ1v) is 8.14. The third-order valence-corrected chi connectivity index (χ3v) is 4.23. The molecule has 0 saturated carbocycles. The summed E-state index contributed by atoms with van der Waals surface area (Å²) in [5.74, 6) is 0.0642. The molecule has 1 aliphatic heterocycles. The average Bonchev–Trinajstić information content (AvgIpc) is 3.06. The van der Waals surface area contributed by atoms with Gasteiger partial charge in [0.1, 0.15) is 0 Å². The fraction of sp³-hybridized carbons (Fsp3) is 0.263. The van der Waals surface area contributed by atoms with Crippen LogP contribution in [-0.2, 0) is 17.9 Å². The Labute approximate surface area is 153 Å². The number of carbonyl (C=O) groups is 2. The van der Waals surface area contributed by atoms with E-state index in [0.29, 0.717) is 25.1 Å². The van der Waals surface area contributed by atoms with Crippen molar-refractivity contribution in [2.45, 2.75) is 25.9 Å². The molecule has 6 heteroatoms. The summed E-state index contributed by atoms with van der Waals surface area (Å²) in [5, 5.41) is 2.90.